The molecule has 1 saturated heterocycles. The zero-order valence-corrected chi connectivity index (χ0v) is 13.8. The van der Waals surface area contributed by atoms with E-state index in [-0.39, 0.29) is 0 Å². The average molecular weight is 326 g/mol. The number of hydrogen-bond acceptors (Lipinski definition) is 6. The first-order valence-corrected chi connectivity index (χ1v) is 8.28. The summed E-state index contributed by atoms with van der Waals surface area (Å²) in [7, 11) is 2.13. The van der Waals surface area contributed by atoms with E-state index in [0.717, 1.165) is 49.1 Å². The van der Waals surface area contributed by atoms with Crippen LogP contribution in [0.25, 0.3) is 0 Å². The second-order valence-electron chi connectivity index (χ2n) is 6.09. The van der Waals surface area contributed by atoms with E-state index in [1.807, 2.05) is 41.5 Å². The minimum absolute atomic E-state index is 0.545. The predicted molar refractivity (Wildman–Crippen MR) is 93.3 cm³/mol. The molecule has 0 bridgehead atoms. The smallest absolute Gasteiger partial charge is 0.151 e. The summed E-state index contributed by atoms with van der Waals surface area (Å²) in [5.41, 5.74) is 5.17. The minimum Gasteiger partial charge on any atom is -0.453 e. The van der Waals surface area contributed by atoms with Crippen LogP contribution in [0.5, 0.6) is 11.5 Å². The summed E-state index contributed by atoms with van der Waals surface area (Å²) >= 11 is 0. The molecule has 2 aromatic rings. The SMILES string of the molecule is CN1CCN(ONCN2c3ccccc3Oc3ccccc32)CC1. The highest BCUT2D eigenvalue weighted by atomic mass is 16.8. The summed E-state index contributed by atoms with van der Waals surface area (Å²) < 4.78 is 5.99. The number of rotatable bonds is 4. The summed E-state index contributed by atoms with van der Waals surface area (Å²) in [5.74, 6) is 1.72. The van der Waals surface area contributed by atoms with Crippen LogP contribution in [0.1, 0.15) is 0 Å². The third-order valence-corrected chi connectivity index (χ3v) is 4.41. The number of hydrogen-bond donors (Lipinski definition) is 1. The van der Waals surface area contributed by atoms with E-state index < -0.39 is 0 Å². The predicted octanol–water partition coefficient (Wildman–Crippen LogP) is 2.57. The van der Waals surface area contributed by atoms with Crippen molar-refractivity contribution in [3.8, 4) is 11.5 Å². The monoisotopic (exact) mass is 326 g/mol. The van der Waals surface area contributed by atoms with Crippen LogP contribution in [0, 0.1) is 0 Å². The Morgan fingerprint density at radius 3 is 2.12 bits per heavy atom. The van der Waals surface area contributed by atoms with Gasteiger partial charge < -0.3 is 14.5 Å². The van der Waals surface area contributed by atoms with E-state index in [1.54, 1.807) is 0 Å². The largest absolute Gasteiger partial charge is 0.453 e. The maximum Gasteiger partial charge on any atom is 0.151 e. The molecule has 0 radical (unpaired) electrons. The van der Waals surface area contributed by atoms with Gasteiger partial charge in [-0.1, -0.05) is 24.3 Å². The van der Waals surface area contributed by atoms with Gasteiger partial charge in [0.2, 0.25) is 0 Å². The normalized spacial score (nSPS) is 18.0. The van der Waals surface area contributed by atoms with Crippen LogP contribution >= 0.6 is 0 Å². The fourth-order valence-electron chi connectivity index (χ4n) is 3.02. The second kappa shape index (κ2) is 6.78. The first-order valence-electron chi connectivity index (χ1n) is 8.28. The van der Waals surface area contributed by atoms with Crippen molar-refractivity contribution in [1.29, 1.82) is 0 Å². The van der Waals surface area contributed by atoms with Crippen molar-refractivity contribution in [2.24, 2.45) is 0 Å². The summed E-state index contributed by atoms with van der Waals surface area (Å²) in [6.45, 7) is 4.39. The Balaban J connectivity index is 1.46. The Morgan fingerprint density at radius 1 is 0.917 bits per heavy atom. The molecule has 0 atom stereocenters. The van der Waals surface area contributed by atoms with Crippen molar-refractivity contribution in [2.45, 2.75) is 0 Å². The number of nitrogens with one attached hydrogen (secondary N) is 1. The highest BCUT2D eigenvalue weighted by molar-refractivity contribution is 5.77. The van der Waals surface area contributed by atoms with E-state index in [4.69, 9.17) is 9.68 Å². The van der Waals surface area contributed by atoms with Gasteiger partial charge in [-0.2, -0.15) is 10.5 Å². The van der Waals surface area contributed by atoms with Gasteiger partial charge in [0.05, 0.1) is 18.0 Å². The van der Waals surface area contributed by atoms with Crippen molar-refractivity contribution in [3.63, 3.8) is 0 Å². The van der Waals surface area contributed by atoms with Crippen LogP contribution in [-0.4, -0.2) is 49.9 Å². The molecule has 0 amide bonds. The Bertz CT molecular complexity index is 655. The molecule has 0 spiro atoms. The number of nitrogens with zero attached hydrogens (tertiary/aromatic N) is 3. The highest BCUT2D eigenvalue weighted by Crippen LogP contribution is 2.45. The molecule has 6 nitrogen and oxygen atoms in total. The molecule has 1 fully saturated rings. The molecule has 0 saturated carbocycles. The highest BCUT2D eigenvalue weighted by Gasteiger charge is 2.24. The van der Waals surface area contributed by atoms with E-state index in [2.05, 4.69) is 34.5 Å². The molecule has 2 heterocycles. The van der Waals surface area contributed by atoms with E-state index in [1.165, 1.54) is 0 Å². The summed E-state index contributed by atoms with van der Waals surface area (Å²) in [6.07, 6.45) is 0. The topological polar surface area (TPSA) is 40.2 Å². The van der Waals surface area contributed by atoms with Crippen molar-refractivity contribution < 1.29 is 9.68 Å². The third kappa shape index (κ3) is 3.09. The molecule has 2 aromatic carbocycles. The van der Waals surface area contributed by atoms with Crippen LogP contribution in [0.4, 0.5) is 11.4 Å². The van der Waals surface area contributed by atoms with Gasteiger partial charge in [-0.3, -0.25) is 0 Å². The first-order chi connectivity index (χ1) is 11.8. The molecule has 4 rings (SSSR count). The first kappa shape index (κ1) is 15.4. The molecular weight excluding hydrogens is 304 g/mol. The van der Waals surface area contributed by atoms with Crippen molar-refractivity contribution >= 4 is 11.4 Å². The van der Waals surface area contributed by atoms with Crippen molar-refractivity contribution in [3.05, 3.63) is 48.5 Å². The zero-order valence-electron chi connectivity index (χ0n) is 13.8. The summed E-state index contributed by atoms with van der Waals surface area (Å²) in [4.78, 5) is 10.2. The fourth-order valence-corrected chi connectivity index (χ4v) is 3.02. The molecule has 0 aromatic heterocycles. The van der Waals surface area contributed by atoms with Gasteiger partial charge in [0, 0.05) is 26.2 Å². The van der Waals surface area contributed by atoms with E-state index >= 15 is 0 Å². The number of anilines is 2. The van der Waals surface area contributed by atoms with Gasteiger partial charge in [-0.05, 0) is 31.3 Å². The molecule has 126 valence electrons. The molecule has 0 unspecified atom stereocenters. The Labute approximate surface area is 142 Å². The second-order valence-corrected chi connectivity index (χ2v) is 6.09. The lowest BCUT2D eigenvalue weighted by Crippen LogP contribution is -2.47. The molecule has 2 aliphatic rings. The number of likely N-dealkylation sites (N-methyl/N-ethyl adjacent to an activating group) is 1. The molecule has 1 N–H and O–H groups in total. The Kier molecular flexibility index (Phi) is 4.36. The van der Waals surface area contributed by atoms with E-state index in [0.29, 0.717) is 6.67 Å². The lowest BCUT2D eigenvalue weighted by atomic mass is 10.2. The van der Waals surface area contributed by atoms with Crippen LogP contribution in [0.15, 0.2) is 48.5 Å². The fraction of sp³-hybridized carbons (Fsp3) is 0.333. The number of para-hydroxylation sites is 4. The van der Waals surface area contributed by atoms with Crippen molar-refractivity contribution in [2.75, 3.05) is 44.8 Å². The minimum atomic E-state index is 0.545. The van der Waals surface area contributed by atoms with Crippen LogP contribution in [0.2, 0.25) is 0 Å². The van der Waals surface area contributed by atoms with E-state index in [9.17, 15) is 0 Å². The Morgan fingerprint density at radius 2 is 1.50 bits per heavy atom. The number of ether oxygens (including phenoxy) is 1. The van der Waals surface area contributed by atoms with Crippen molar-refractivity contribution in [1.82, 2.24) is 15.4 Å². The number of hydroxylamine groups is 3. The van der Waals surface area contributed by atoms with Gasteiger partial charge in [0.15, 0.2) is 11.5 Å². The number of benzene rings is 2. The lowest BCUT2D eigenvalue weighted by molar-refractivity contribution is -0.221. The molecule has 6 heteroatoms. The van der Waals surface area contributed by atoms with Gasteiger partial charge in [0.1, 0.15) is 0 Å². The van der Waals surface area contributed by atoms with Gasteiger partial charge >= 0.3 is 0 Å². The maximum absolute atomic E-state index is 5.99. The van der Waals surface area contributed by atoms with Crippen LogP contribution in [0.3, 0.4) is 0 Å². The maximum atomic E-state index is 5.99. The molecule has 2 aliphatic heterocycles. The van der Waals surface area contributed by atoms with Gasteiger partial charge in [-0.15, -0.1) is 0 Å². The Hall–Kier alpha value is -2.12. The van der Waals surface area contributed by atoms with Gasteiger partial charge in [-0.25, -0.2) is 4.94 Å². The van der Waals surface area contributed by atoms with Gasteiger partial charge in [0.25, 0.3) is 0 Å². The molecule has 24 heavy (non-hydrogen) atoms. The summed E-state index contributed by atoms with van der Waals surface area (Å²) in [5, 5.41) is 1.97. The molecule has 0 aliphatic carbocycles. The number of piperazine rings is 1. The third-order valence-electron chi connectivity index (χ3n) is 4.41. The number of fused-ring (bicyclic) bond motifs is 2. The summed E-state index contributed by atoms with van der Waals surface area (Å²) in [6, 6.07) is 16.1. The molecular formula is C18H22N4O2. The van der Waals surface area contributed by atoms with Crippen LogP contribution in [-0.2, 0) is 4.94 Å². The van der Waals surface area contributed by atoms with Crippen LogP contribution < -0.4 is 15.1 Å². The average Bonchev–Trinajstić information content (AvgIpc) is 2.63. The zero-order chi connectivity index (χ0) is 16.4. The quantitative estimate of drug-likeness (QED) is 0.871. The standard InChI is InChI=1S/C18H22N4O2/c1-20-10-12-21(13-11-20)24-19-14-22-15-6-2-4-8-17(15)23-18-9-5-3-7-16(18)22/h2-9,19H,10-14H2,1H3. The lowest BCUT2D eigenvalue weighted by Gasteiger charge is -2.34.